The first-order chi connectivity index (χ1) is 17.1. The monoisotopic (exact) mass is 473 g/mol. The van der Waals surface area contributed by atoms with E-state index in [0.29, 0.717) is 36.1 Å². The van der Waals surface area contributed by atoms with Gasteiger partial charge in [-0.25, -0.2) is 4.79 Å². The van der Waals surface area contributed by atoms with Crippen molar-refractivity contribution in [3.05, 3.63) is 95.6 Å². The number of carbonyl (C=O) groups excluding carboxylic acids is 2. The number of hydrogen-bond donors (Lipinski definition) is 3. The van der Waals surface area contributed by atoms with E-state index >= 15 is 0 Å². The summed E-state index contributed by atoms with van der Waals surface area (Å²) in [5.41, 5.74) is 8.67. The fourth-order valence-electron chi connectivity index (χ4n) is 3.83. The molecule has 0 radical (unpaired) electrons. The number of amides is 2. The first-order valence-electron chi connectivity index (χ1n) is 11.9. The molecule has 3 aromatic carbocycles. The molecule has 4 N–H and O–H groups in total. The summed E-state index contributed by atoms with van der Waals surface area (Å²) in [6.45, 7) is 1.11. The van der Waals surface area contributed by atoms with E-state index in [-0.39, 0.29) is 6.61 Å². The lowest BCUT2D eigenvalue weighted by Crippen LogP contribution is -2.37. The van der Waals surface area contributed by atoms with Crippen molar-refractivity contribution in [3.63, 3.8) is 0 Å². The molecule has 0 saturated heterocycles. The van der Waals surface area contributed by atoms with E-state index in [1.807, 2.05) is 54.6 Å². The molecule has 3 aromatic rings. The van der Waals surface area contributed by atoms with Crippen LogP contribution >= 0.6 is 0 Å². The summed E-state index contributed by atoms with van der Waals surface area (Å²) in [6, 6.07) is 22.9. The van der Waals surface area contributed by atoms with Crippen LogP contribution in [-0.4, -0.2) is 18.6 Å². The zero-order chi connectivity index (χ0) is 24.5. The molecule has 0 spiro atoms. The predicted octanol–water partition coefficient (Wildman–Crippen LogP) is 4.93. The molecule has 2 amide bonds. The van der Waals surface area contributed by atoms with Gasteiger partial charge in [-0.3, -0.25) is 4.79 Å². The van der Waals surface area contributed by atoms with Crippen LogP contribution in [-0.2, 0) is 22.7 Å². The lowest BCUT2D eigenvalue weighted by Gasteiger charge is -2.25. The molecule has 0 unspecified atom stereocenters. The van der Waals surface area contributed by atoms with Crippen LogP contribution in [0, 0.1) is 5.92 Å². The van der Waals surface area contributed by atoms with Crippen LogP contribution in [0.25, 0.3) is 0 Å². The average molecular weight is 474 g/mol. The second-order valence-electron chi connectivity index (χ2n) is 8.71. The lowest BCUT2D eigenvalue weighted by molar-refractivity contribution is -0.118. The Kier molecular flexibility index (Phi) is 8.35. The molecule has 1 saturated carbocycles. The number of benzene rings is 3. The van der Waals surface area contributed by atoms with Gasteiger partial charge in [-0.05, 0) is 59.7 Å². The summed E-state index contributed by atoms with van der Waals surface area (Å²) in [5.74, 6) is 0.849. The molecule has 35 heavy (non-hydrogen) atoms. The van der Waals surface area contributed by atoms with Crippen LogP contribution in [0.15, 0.2) is 78.9 Å². The predicted molar refractivity (Wildman–Crippen MR) is 135 cm³/mol. The van der Waals surface area contributed by atoms with Gasteiger partial charge in [0.2, 0.25) is 0 Å². The third-order valence-corrected chi connectivity index (χ3v) is 6.07. The Balaban J connectivity index is 1.48. The second-order valence-corrected chi connectivity index (χ2v) is 8.71. The summed E-state index contributed by atoms with van der Waals surface area (Å²) in [7, 11) is 0. The third kappa shape index (κ3) is 7.07. The molecular formula is C28H31N3O4. The Morgan fingerprint density at radius 1 is 0.943 bits per heavy atom. The number of nitrogens with one attached hydrogen (secondary N) is 2. The normalized spacial score (nSPS) is 13.9. The molecule has 182 valence electrons. The molecule has 1 fully saturated rings. The molecule has 7 nitrogen and oxygen atoms in total. The Labute approximate surface area is 205 Å². The Bertz CT molecular complexity index is 1130. The van der Waals surface area contributed by atoms with Crippen LogP contribution in [0.5, 0.6) is 5.75 Å². The highest BCUT2D eigenvalue weighted by Gasteiger charge is 2.25. The van der Waals surface area contributed by atoms with E-state index in [9.17, 15) is 9.59 Å². The van der Waals surface area contributed by atoms with Crippen molar-refractivity contribution in [2.24, 2.45) is 11.7 Å². The molecule has 0 bridgehead atoms. The highest BCUT2D eigenvalue weighted by atomic mass is 16.5. The fourth-order valence-corrected chi connectivity index (χ4v) is 3.83. The van der Waals surface area contributed by atoms with Gasteiger partial charge in [0.1, 0.15) is 18.4 Å². The third-order valence-electron chi connectivity index (χ3n) is 6.07. The molecule has 0 aromatic heterocycles. The summed E-state index contributed by atoms with van der Waals surface area (Å²) in [6.07, 6.45) is 2.92. The Morgan fingerprint density at radius 2 is 1.71 bits per heavy atom. The summed E-state index contributed by atoms with van der Waals surface area (Å²) in [5, 5.41) is 5.59. The van der Waals surface area contributed by atoms with E-state index in [4.69, 9.17) is 15.2 Å². The van der Waals surface area contributed by atoms with Crippen LogP contribution < -0.4 is 21.1 Å². The minimum absolute atomic E-state index is 0.101. The van der Waals surface area contributed by atoms with E-state index in [1.165, 1.54) is 19.3 Å². The number of hydrogen-bond acceptors (Lipinski definition) is 5. The second kappa shape index (κ2) is 12.0. The summed E-state index contributed by atoms with van der Waals surface area (Å²) >= 11 is 0. The van der Waals surface area contributed by atoms with Crippen molar-refractivity contribution < 1.29 is 19.1 Å². The van der Waals surface area contributed by atoms with Gasteiger partial charge < -0.3 is 25.8 Å². The molecule has 7 heteroatoms. The number of rotatable bonds is 10. The highest BCUT2D eigenvalue weighted by Crippen LogP contribution is 2.28. The van der Waals surface area contributed by atoms with Crippen LogP contribution in [0.3, 0.4) is 0 Å². The minimum Gasteiger partial charge on any atom is -0.493 e. The van der Waals surface area contributed by atoms with Gasteiger partial charge in [0.25, 0.3) is 5.91 Å². The molecule has 0 heterocycles. The van der Waals surface area contributed by atoms with Crippen molar-refractivity contribution >= 4 is 17.7 Å². The maximum atomic E-state index is 13.3. The van der Waals surface area contributed by atoms with E-state index in [1.54, 1.807) is 24.3 Å². The fraction of sp³-hybridized carbons (Fsp3) is 0.286. The maximum absolute atomic E-state index is 13.3. The van der Waals surface area contributed by atoms with Crippen LogP contribution in [0.2, 0.25) is 0 Å². The first kappa shape index (κ1) is 24.3. The molecule has 4 rings (SSSR count). The molecule has 1 aliphatic carbocycles. The molecule has 1 atom stereocenters. The van der Waals surface area contributed by atoms with Gasteiger partial charge in [0.05, 0.1) is 6.61 Å². The SMILES string of the molecule is NCc1cccc(NC(=O)[C@@H](NC(=O)OCc2ccccc2)c2cccc(OCC3CCC3)c2)c1. The Hall–Kier alpha value is -3.84. The van der Waals surface area contributed by atoms with E-state index in [0.717, 1.165) is 11.1 Å². The van der Waals surface area contributed by atoms with Crippen molar-refractivity contribution in [1.29, 1.82) is 0 Å². The highest BCUT2D eigenvalue weighted by molar-refractivity contribution is 5.97. The van der Waals surface area contributed by atoms with Gasteiger partial charge in [-0.15, -0.1) is 0 Å². The summed E-state index contributed by atoms with van der Waals surface area (Å²) < 4.78 is 11.3. The molecule has 1 aliphatic rings. The maximum Gasteiger partial charge on any atom is 0.408 e. The largest absolute Gasteiger partial charge is 0.493 e. The minimum atomic E-state index is -0.980. The number of carbonyl (C=O) groups is 2. The van der Waals surface area contributed by atoms with Crippen molar-refractivity contribution in [2.75, 3.05) is 11.9 Å². The number of anilines is 1. The summed E-state index contributed by atoms with van der Waals surface area (Å²) in [4.78, 5) is 25.9. The van der Waals surface area contributed by atoms with Gasteiger partial charge in [0, 0.05) is 12.2 Å². The number of ether oxygens (including phenoxy) is 2. The smallest absolute Gasteiger partial charge is 0.408 e. The average Bonchev–Trinajstić information content (AvgIpc) is 2.86. The van der Waals surface area contributed by atoms with Crippen LogP contribution in [0.1, 0.15) is 42.0 Å². The van der Waals surface area contributed by atoms with E-state index < -0.39 is 18.0 Å². The first-order valence-corrected chi connectivity index (χ1v) is 11.9. The molecular weight excluding hydrogens is 442 g/mol. The van der Waals surface area contributed by atoms with Gasteiger partial charge in [0.15, 0.2) is 0 Å². The van der Waals surface area contributed by atoms with Crippen LogP contribution in [0.4, 0.5) is 10.5 Å². The lowest BCUT2D eigenvalue weighted by atomic mass is 9.86. The Morgan fingerprint density at radius 3 is 2.46 bits per heavy atom. The van der Waals surface area contributed by atoms with Gasteiger partial charge >= 0.3 is 6.09 Å². The van der Waals surface area contributed by atoms with Gasteiger partial charge in [-0.2, -0.15) is 0 Å². The van der Waals surface area contributed by atoms with Gasteiger partial charge in [-0.1, -0.05) is 61.0 Å². The topological polar surface area (TPSA) is 103 Å². The quantitative estimate of drug-likeness (QED) is 0.387. The van der Waals surface area contributed by atoms with Crippen molar-refractivity contribution in [3.8, 4) is 5.75 Å². The van der Waals surface area contributed by atoms with Crippen molar-refractivity contribution in [1.82, 2.24) is 5.32 Å². The number of nitrogens with two attached hydrogens (primary N) is 1. The standard InChI is InChI=1S/C28H31N3O4/c29-17-22-11-5-13-24(15-22)30-27(32)26(31-28(33)35-19-20-7-2-1-3-8-20)23-12-6-14-25(16-23)34-18-21-9-4-10-21/h1-3,5-8,11-16,21,26H,4,9-10,17-19,29H2,(H,30,32)(H,31,33)/t26-/m0/s1. The molecule has 0 aliphatic heterocycles. The van der Waals surface area contributed by atoms with Crippen molar-refractivity contribution in [2.45, 2.75) is 38.5 Å². The van der Waals surface area contributed by atoms with E-state index in [2.05, 4.69) is 10.6 Å². The zero-order valence-corrected chi connectivity index (χ0v) is 19.6. The zero-order valence-electron chi connectivity index (χ0n) is 19.6. The number of alkyl carbamates (subject to hydrolysis) is 1.